The molecule has 0 saturated heterocycles. The average molecular weight is 374 g/mol. The maximum Gasteiger partial charge on any atom is 0.248 e. The van der Waals surface area contributed by atoms with Gasteiger partial charge in [-0.15, -0.1) is 0 Å². The van der Waals surface area contributed by atoms with Crippen LogP contribution in [0.1, 0.15) is 5.89 Å². The number of nitrogens with zero attached hydrogens (tertiary/aromatic N) is 4. The van der Waals surface area contributed by atoms with Crippen molar-refractivity contribution in [1.82, 2.24) is 19.9 Å². The first-order chi connectivity index (χ1) is 9.61. The van der Waals surface area contributed by atoms with Gasteiger partial charge in [-0.05, 0) is 34.1 Å². The summed E-state index contributed by atoms with van der Waals surface area (Å²) in [6.07, 6.45) is 3.51. The van der Waals surface area contributed by atoms with E-state index in [1.807, 2.05) is 6.20 Å². The molecule has 0 aliphatic carbocycles. The number of hydrogen-bond donors (Lipinski definition) is 0. The molecule has 0 radical (unpaired) electrons. The molecule has 1 aromatic carbocycles. The quantitative estimate of drug-likeness (QED) is 0.694. The molecule has 0 fully saturated rings. The van der Waals surface area contributed by atoms with E-state index in [-0.39, 0.29) is 0 Å². The van der Waals surface area contributed by atoms with Crippen molar-refractivity contribution >= 4 is 39.1 Å². The molecular weight excluding hydrogens is 367 g/mol. The van der Waals surface area contributed by atoms with E-state index in [1.165, 1.54) is 0 Å². The van der Waals surface area contributed by atoms with E-state index in [0.29, 0.717) is 33.9 Å². The van der Waals surface area contributed by atoms with E-state index in [9.17, 15) is 0 Å². The largest absolute Gasteiger partial charge is 0.337 e. The van der Waals surface area contributed by atoms with Crippen LogP contribution in [-0.2, 0) is 6.54 Å². The molecule has 2 heterocycles. The minimum absolute atomic E-state index is 0.393. The van der Waals surface area contributed by atoms with Crippen LogP contribution in [0.5, 0.6) is 0 Å². The number of benzene rings is 1. The molecular formula is C12H7BrCl2N4O. The van der Waals surface area contributed by atoms with E-state index in [0.717, 1.165) is 4.47 Å². The van der Waals surface area contributed by atoms with Crippen molar-refractivity contribution in [1.29, 1.82) is 0 Å². The van der Waals surface area contributed by atoms with Crippen LogP contribution in [0.25, 0.3) is 11.4 Å². The first-order valence-corrected chi connectivity index (χ1v) is 7.12. The Morgan fingerprint density at radius 3 is 2.85 bits per heavy atom. The summed E-state index contributed by atoms with van der Waals surface area (Å²) < 4.78 is 7.76. The second-order valence-electron chi connectivity index (χ2n) is 3.99. The maximum atomic E-state index is 6.11. The average Bonchev–Trinajstić information content (AvgIpc) is 2.99. The van der Waals surface area contributed by atoms with E-state index < -0.39 is 0 Å². The van der Waals surface area contributed by atoms with Gasteiger partial charge in [0.15, 0.2) is 0 Å². The lowest BCUT2D eigenvalue weighted by atomic mass is 10.2. The van der Waals surface area contributed by atoms with Crippen molar-refractivity contribution in [3.05, 3.63) is 51.0 Å². The van der Waals surface area contributed by atoms with Crippen molar-refractivity contribution in [2.24, 2.45) is 0 Å². The molecule has 0 amide bonds. The van der Waals surface area contributed by atoms with Crippen LogP contribution in [0, 0.1) is 0 Å². The third-order valence-corrected chi connectivity index (χ3v) is 3.50. The predicted molar refractivity (Wildman–Crippen MR) is 78.8 cm³/mol. The number of aromatic nitrogens is 4. The molecule has 0 spiro atoms. The minimum Gasteiger partial charge on any atom is -0.337 e. The standard InChI is InChI=1S/C12H7BrCl2N4O/c13-7-4-16-19(5-7)6-11-17-12(18-20-11)9-2-1-8(14)3-10(9)15/h1-5H,6H2. The number of hydrogen-bond acceptors (Lipinski definition) is 4. The second kappa shape index (κ2) is 5.55. The fourth-order valence-corrected chi connectivity index (χ4v) is 2.48. The lowest BCUT2D eigenvalue weighted by molar-refractivity contribution is 0.366. The van der Waals surface area contributed by atoms with Crippen LogP contribution in [-0.4, -0.2) is 19.9 Å². The summed E-state index contributed by atoms with van der Waals surface area (Å²) in [4.78, 5) is 4.29. The zero-order valence-corrected chi connectivity index (χ0v) is 13.0. The van der Waals surface area contributed by atoms with Crippen LogP contribution in [0.4, 0.5) is 0 Å². The smallest absolute Gasteiger partial charge is 0.248 e. The molecule has 0 aliphatic rings. The molecule has 102 valence electrons. The zero-order chi connectivity index (χ0) is 14.1. The molecule has 20 heavy (non-hydrogen) atoms. The summed E-state index contributed by atoms with van der Waals surface area (Å²) in [6, 6.07) is 5.12. The van der Waals surface area contributed by atoms with Crippen molar-refractivity contribution in [3.8, 4) is 11.4 Å². The lowest BCUT2D eigenvalue weighted by Crippen LogP contribution is -1.99. The summed E-state index contributed by atoms with van der Waals surface area (Å²) in [7, 11) is 0. The van der Waals surface area contributed by atoms with E-state index in [4.69, 9.17) is 27.7 Å². The van der Waals surface area contributed by atoms with E-state index in [2.05, 4.69) is 31.2 Å². The van der Waals surface area contributed by atoms with Crippen LogP contribution in [0.2, 0.25) is 10.0 Å². The molecule has 8 heteroatoms. The Morgan fingerprint density at radius 2 is 2.15 bits per heavy atom. The molecule has 0 saturated carbocycles. The van der Waals surface area contributed by atoms with Crippen LogP contribution in [0.15, 0.2) is 39.6 Å². The Morgan fingerprint density at radius 1 is 1.30 bits per heavy atom. The van der Waals surface area contributed by atoms with Gasteiger partial charge in [0, 0.05) is 16.8 Å². The Labute approximate surface area is 132 Å². The van der Waals surface area contributed by atoms with Crippen molar-refractivity contribution in [2.75, 3.05) is 0 Å². The Hall–Kier alpha value is -1.37. The van der Waals surface area contributed by atoms with Gasteiger partial charge in [-0.25, -0.2) is 0 Å². The third kappa shape index (κ3) is 2.87. The Bertz CT molecular complexity index is 756. The first kappa shape index (κ1) is 13.6. The molecule has 5 nitrogen and oxygen atoms in total. The fourth-order valence-electron chi connectivity index (χ4n) is 1.66. The first-order valence-electron chi connectivity index (χ1n) is 5.58. The summed E-state index contributed by atoms with van der Waals surface area (Å²) >= 11 is 15.3. The van der Waals surface area contributed by atoms with Gasteiger partial charge in [0.2, 0.25) is 11.7 Å². The number of rotatable bonds is 3. The van der Waals surface area contributed by atoms with E-state index >= 15 is 0 Å². The van der Waals surface area contributed by atoms with Crippen LogP contribution >= 0.6 is 39.1 Å². The highest BCUT2D eigenvalue weighted by Crippen LogP contribution is 2.28. The van der Waals surface area contributed by atoms with Crippen molar-refractivity contribution in [2.45, 2.75) is 6.54 Å². The molecule has 3 aromatic rings. The summed E-state index contributed by atoms with van der Waals surface area (Å²) in [6.45, 7) is 0.393. The lowest BCUT2D eigenvalue weighted by Gasteiger charge is -1.98. The van der Waals surface area contributed by atoms with Gasteiger partial charge >= 0.3 is 0 Å². The maximum absolute atomic E-state index is 6.11. The van der Waals surface area contributed by atoms with Gasteiger partial charge in [-0.3, -0.25) is 4.68 Å². The predicted octanol–water partition coefficient (Wildman–Crippen LogP) is 4.05. The zero-order valence-electron chi connectivity index (χ0n) is 9.92. The van der Waals surface area contributed by atoms with Gasteiger partial charge in [-0.1, -0.05) is 28.4 Å². The van der Waals surface area contributed by atoms with Gasteiger partial charge < -0.3 is 4.52 Å². The molecule has 0 atom stereocenters. The van der Waals surface area contributed by atoms with Crippen molar-refractivity contribution < 1.29 is 4.52 Å². The molecule has 3 rings (SSSR count). The number of halogens is 3. The SMILES string of the molecule is Clc1ccc(-c2noc(Cn3cc(Br)cn3)n2)c(Cl)c1. The highest BCUT2D eigenvalue weighted by Gasteiger charge is 2.12. The Kier molecular flexibility index (Phi) is 3.78. The summed E-state index contributed by atoms with van der Waals surface area (Å²) in [5, 5.41) is 9.07. The highest BCUT2D eigenvalue weighted by molar-refractivity contribution is 9.10. The third-order valence-electron chi connectivity index (χ3n) is 2.54. The van der Waals surface area contributed by atoms with Crippen LogP contribution in [0.3, 0.4) is 0 Å². The minimum atomic E-state index is 0.393. The molecule has 0 bridgehead atoms. The van der Waals surface area contributed by atoms with Gasteiger partial charge in [0.1, 0.15) is 6.54 Å². The highest BCUT2D eigenvalue weighted by atomic mass is 79.9. The molecule has 2 aromatic heterocycles. The summed E-state index contributed by atoms with van der Waals surface area (Å²) in [5.74, 6) is 0.870. The molecule has 0 aliphatic heterocycles. The summed E-state index contributed by atoms with van der Waals surface area (Å²) in [5.41, 5.74) is 0.674. The van der Waals surface area contributed by atoms with Gasteiger partial charge in [0.05, 0.1) is 15.7 Å². The monoisotopic (exact) mass is 372 g/mol. The molecule has 0 N–H and O–H groups in total. The fraction of sp³-hybridized carbons (Fsp3) is 0.0833. The molecule has 0 unspecified atom stereocenters. The van der Waals surface area contributed by atoms with Gasteiger partial charge in [-0.2, -0.15) is 10.1 Å². The second-order valence-corrected chi connectivity index (χ2v) is 5.75. The van der Waals surface area contributed by atoms with Crippen molar-refractivity contribution in [3.63, 3.8) is 0 Å². The normalized spacial score (nSPS) is 10.9. The Balaban J connectivity index is 1.86. The topological polar surface area (TPSA) is 56.7 Å². The van der Waals surface area contributed by atoms with Crippen LogP contribution < -0.4 is 0 Å². The van der Waals surface area contributed by atoms with Gasteiger partial charge in [0.25, 0.3) is 0 Å². The van der Waals surface area contributed by atoms with E-state index in [1.54, 1.807) is 29.1 Å².